The van der Waals surface area contributed by atoms with Crippen molar-refractivity contribution in [1.82, 2.24) is 5.32 Å². The van der Waals surface area contributed by atoms with E-state index in [9.17, 15) is 5.11 Å². The summed E-state index contributed by atoms with van der Waals surface area (Å²) in [6.07, 6.45) is 4.75. The average molecular weight is 238 g/mol. The van der Waals surface area contributed by atoms with Crippen LogP contribution in [0.5, 0.6) is 0 Å². The molecule has 1 aliphatic carbocycles. The van der Waals surface area contributed by atoms with Crippen LogP contribution in [0.3, 0.4) is 0 Å². The van der Waals surface area contributed by atoms with Crippen molar-refractivity contribution in [3.05, 3.63) is 0 Å². The van der Waals surface area contributed by atoms with Gasteiger partial charge in [0.2, 0.25) is 0 Å². The van der Waals surface area contributed by atoms with Gasteiger partial charge < -0.3 is 10.4 Å². The number of unbranched alkanes of at least 4 members (excludes halogenated alkanes) is 1. The second kappa shape index (κ2) is 5.84. The molecule has 0 heterocycles. The van der Waals surface area contributed by atoms with Crippen LogP contribution in [0.2, 0.25) is 0 Å². The smallest absolute Gasteiger partial charge is 0.0622 e. The molecule has 1 rings (SSSR count). The topological polar surface area (TPSA) is 56.0 Å². The van der Waals surface area contributed by atoms with Crippen LogP contribution in [-0.4, -0.2) is 23.8 Å². The predicted molar refractivity (Wildman–Crippen MR) is 69.5 cm³/mol. The van der Waals surface area contributed by atoms with E-state index in [1.165, 1.54) is 6.42 Å². The van der Waals surface area contributed by atoms with Crippen molar-refractivity contribution in [2.75, 3.05) is 13.2 Å². The lowest BCUT2D eigenvalue weighted by atomic mass is 9.64. The molecule has 3 heteroatoms. The van der Waals surface area contributed by atoms with E-state index in [-0.39, 0.29) is 12.1 Å². The second-order valence-electron chi connectivity index (χ2n) is 6.48. The predicted octanol–water partition coefficient (Wildman–Crippen LogP) is 2.46. The summed E-state index contributed by atoms with van der Waals surface area (Å²) in [5, 5.41) is 21.7. The molecule has 17 heavy (non-hydrogen) atoms. The minimum atomic E-state index is -0.128. The molecule has 98 valence electrons. The first-order valence-corrected chi connectivity index (χ1v) is 6.66. The highest BCUT2D eigenvalue weighted by Gasteiger charge is 2.41. The van der Waals surface area contributed by atoms with Gasteiger partial charge in [0.25, 0.3) is 0 Å². The largest absolute Gasteiger partial charge is 0.394 e. The molecule has 0 bridgehead atoms. The van der Waals surface area contributed by atoms with E-state index in [1.54, 1.807) is 0 Å². The van der Waals surface area contributed by atoms with Gasteiger partial charge in [-0.25, -0.2) is 0 Å². The Bertz CT molecular complexity index is 282. The molecule has 0 saturated heterocycles. The van der Waals surface area contributed by atoms with Crippen molar-refractivity contribution in [3.63, 3.8) is 0 Å². The fourth-order valence-corrected chi connectivity index (χ4v) is 3.57. The van der Waals surface area contributed by atoms with Gasteiger partial charge in [-0.1, -0.05) is 20.8 Å². The number of hydrogen-bond acceptors (Lipinski definition) is 3. The monoisotopic (exact) mass is 238 g/mol. The number of hydrogen-bond donors (Lipinski definition) is 2. The maximum absolute atomic E-state index is 9.72. The molecule has 0 aromatic rings. The molecule has 0 aliphatic heterocycles. The summed E-state index contributed by atoms with van der Waals surface area (Å²) >= 11 is 0. The Kier molecular flexibility index (Phi) is 4.97. The molecular formula is C14H26N2O. The summed E-state index contributed by atoms with van der Waals surface area (Å²) in [6, 6.07) is 2.16. The highest BCUT2D eigenvalue weighted by atomic mass is 16.3. The van der Waals surface area contributed by atoms with Gasteiger partial charge in [-0.15, -0.1) is 0 Å². The molecule has 0 spiro atoms. The highest BCUT2D eigenvalue weighted by Crippen LogP contribution is 2.43. The molecule has 1 fully saturated rings. The summed E-state index contributed by atoms with van der Waals surface area (Å²) < 4.78 is 0. The SMILES string of the molecule is C[C@H]1CC(C)(C)C[C@](CO)(NCCCC#N)C1. The zero-order valence-electron chi connectivity index (χ0n) is 11.4. The first-order valence-electron chi connectivity index (χ1n) is 6.66. The van der Waals surface area contributed by atoms with E-state index in [2.05, 4.69) is 32.2 Å². The molecule has 0 aromatic carbocycles. The summed E-state index contributed by atoms with van der Waals surface area (Å²) in [5.41, 5.74) is 0.166. The van der Waals surface area contributed by atoms with Crippen molar-refractivity contribution in [3.8, 4) is 6.07 Å². The van der Waals surface area contributed by atoms with Gasteiger partial charge in [0, 0.05) is 12.0 Å². The van der Waals surface area contributed by atoms with Crippen LogP contribution in [-0.2, 0) is 0 Å². The minimum absolute atomic E-state index is 0.128. The van der Waals surface area contributed by atoms with Crippen molar-refractivity contribution in [1.29, 1.82) is 5.26 Å². The molecule has 0 radical (unpaired) electrons. The quantitative estimate of drug-likeness (QED) is 0.723. The molecule has 0 aromatic heterocycles. The third-order valence-electron chi connectivity index (χ3n) is 3.73. The maximum atomic E-state index is 9.72. The third kappa shape index (κ3) is 4.29. The Morgan fingerprint density at radius 1 is 1.41 bits per heavy atom. The van der Waals surface area contributed by atoms with Gasteiger partial charge in [0.05, 0.1) is 12.7 Å². The average Bonchev–Trinajstić information content (AvgIpc) is 2.22. The van der Waals surface area contributed by atoms with Gasteiger partial charge in [0.1, 0.15) is 0 Å². The van der Waals surface area contributed by atoms with Crippen LogP contribution < -0.4 is 5.32 Å². The molecule has 2 atom stereocenters. The number of nitrogens with one attached hydrogen (secondary N) is 1. The minimum Gasteiger partial charge on any atom is -0.394 e. The summed E-state index contributed by atoms with van der Waals surface area (Å²) in [5.74, 6) is 0.648. The van der Waals surface area contributed by atoms with Crippen molar-refractivity contribution in [2.24, 2.45) is 11.3 Å². The van der Waals surface area contributed by atoms with E-state index >= 15 is 0 Å². The van der Waals surface area contributed by atoms with Gasteiger partial charge in [-0.2, -0.15) is 5.26 Å². The number of nitriles is 1. The van der Waals surface area contributed by atoms with Gasteiger partial charge in [0.15, 0.2) is 0 Å². The van der Waals surface area contributed by atoms with Gasteiger partial charge in [-0.05, 0) is 43.6 Å². The van der Waals surface area contributed by atoms with Crippen LogP contribution in [0, 0.1) is 22.7 Å². The van der Waals surface area contributed by atoms with E-state index in [0.29, 0.717) is 17.8 Å². The van der Waals surface area contributed by atoms with Gasteiger partial charge >= 0.3 is 0 Å². The normalized spacial score (nSPS) is 32.1. The van der Waals surface area contributed by atoms with E-state index in [1.807, 2.05) is 0 Å². The molecular weight excluding hydrogens is 212 g/mol. The Morgan fingerprint density at radius 2 is 2.12 bits per heavy atom. The Labute approximate surface area is 105 Å². The molecule has 1 aliphatic rings. The van der Waals surface area contributed by atoms with E-state index < -0.39 is 0 Å². The van der Waals surface area contributed by atoms with Crippen LogP contribution in [0.1, 0.15) is 52.9 Å². The fraction of sp³-hybridized carbons (Fsp3) is 0.929. The van der Waals surface area contributed by atoms with Crippen LogP contribution in [0.15, 0.2) is 0 Å². The second-order valence-corrected chi connectivity index (χ2v) is 6.48. The van der Waals surface area contributed by atoms with Crippen LogP contribution >= 0.6 is 0 Å². The lowest BCUT2D eigenvalue weighted by molar-refractivity contribution is 0.0366. The van der Waals surface area contributed by atoms with Crippen LogP contribution in [0.25, 0.3) is 0 Å². The van der Waals surface area contributed by atoms with Crippen molar-refractivity contribution in [2.45, 2.75) is 58.4 Å². The third-order valence-corrected chi connectivity index (χ3v) is 3.73. The van der Waals surface area contributed by atoms with Gasteiger partial charge in [-0.3, -0.25) is 0 Å². The summed E-state index contributed by atoms with van der Waals surface area (Å²) in [4.78, 5) is 0. The van der Waals surface area contributed by atoms with E-state index in [0.717, 1.165) is 25.8 Å². The molecule has 0 amide bonds. The molecule has 1 saturated carbocycles. The number of nitrogens with zero attached hydrogens (tertiary/aromatic N) is 1. The molecule has 2 N–H and O–H groups in total. The zero-order valence-corrected chi connectivity index (χ0v) is 11.4. The zero-order chi connectivity index (χ0) is 12.9. The highest BCUT2D eigenvalue weighted by molar-refractivity contribution is 4.98. The Balaban J connectivity index is 2.57. The summed E-state index contributed by atoms with van der Waals surface area (Å²) in [6.45, 7) is 7.86. The Hall–Kier alpha value is -0.590. The number of rotatable bonds is 5. The molecule has 0 unspecified atom stereocenters. The standard InChI is InChI=1S/C14H26N2O/c1-12-8-13(2,3)10-14(9-12,11-17)16-7-5-4-6-15/h12,16-17H,4-5,7-11H2,1-3H3/t12-,14+/m0/s1. The van der Waals surface area contributed by atoms with Crippen molar-refractivity contribution >= 4 is 0 Å². The number of aliphatic hydroxyl groups is 1. The van der Waals surface area contributed by atoms with E-state index in [4.69, 9.17) is 5.26 Å². The summed E-state index contributed by atoms with van der Waals surface area (Å²) in [7, 11) is 0. The molecule has 3 nitrogen and oxygen atoms in total. The first kappa shape index (κ1) is 14.5. The first-order chi connectivity index (χ1) is 7.93. The fourth-order valence-electron chi connectivity index (χ4n) is 3.57. The number of aliphatic hydroxyl groups excluding tert-OH is 1. The lowest BCUT2D eigenvalue weighted by Crippen LogP contribution is -2.55. The van der Waals surface area contributed by atoms with Crippen molar-refractivity contribution < 1.29 is 5.11 Å². The lowest BCUT2D eigenvalue weighted by Gasteiger charge is -2.47. The Morgan fingerprint density at radius 3 is 2.65 bits per heavy atom. The van der Waals surface area contributed by atoms with Crippen LogP contribution in [0.4, 0.5) is 0 Å². The maximum Gasteiger partial charge on any atom is 0.0622 e.